The number of carbonyl (C=O) groups is 2. The minimum Gasteiger partial charge on any atom is -0.272 e. The molecular weight excluding hydrogens is 382 g/mol. The standard InChI is InChI=1S/C18H23N5O4S/c1-4-5-6-12-7-9-13(10-8-12)15(25)20-19-14(24)11-28-16-17(26)22(2)18(27)23(3)21-16/h7-10H,4-6,11H2,1-3H3,(H,19,24)(H,20,25). The number of carbonyl (C=O) groups excluding carboxylic acids is 2. The summed E-state index contributed by atoms with van der Waals surface area (Å²) in [5.41, 5.74) is 5.09. The molecule has 0 fully saturated rings. The van der Waals surface area contributed by atoms with Crippen LogP contribution in [-0.2, 0) is 25.3 Å². The summed E-state index contributed by atoms with van der Waals surface area (Å²) in [6.07, 6.45) is 3.16. The van der Waals surface area contributed by atoms with Crippen molar-refractivity contribution >= 4 is 23.6 Å². The lowest BCUT2D eigenvalue weighted by Gasteiger charge is -2.08. The Morgan fingerprint density at radius 3 is 2.43 bits per heavy atom. The molecule has 2 N–H and O–H groups in total. The number of benzene rings is 1. The third-order valence-electron chi connectivity index (χ3n) is 3.98. The van der Waals surface area contributed by atoms with Crippen LogP contribution in [0.15, 0.2) is 38.9 Å². The molecule has 0 unspecified atom stereocenters. The Hall–Kier alpha value is -2.88. The number of nitrogens with zero attached hydrogens (tertiary/aromatic N) is 3. The second-order valence-electron chi connectivity index (χ2n) is 6.17. The number of hydrogen-bond acceptors (Lipinski definition) is 6. The van der Waals surface area contributed by atoms with E-state index in [1.54, 1.807) is 12.1 Å². The fourth-order valence-electron chi connectivity index (χ4n) is 2.33. The van der Waals surface area contributed by atoms with E-state index in [2.05, 4.69) is 22.9 Å². The van der Waals surface area contributed by atoms with E-state index >= 15 is 0 Å². The molecule has 28 heavy (non-hydrogen) atoms. The van der Waals surface area contributed by atoms with Gasteiger partial charge in [0.15, 0.2) is 5.03 Å². The van der Waals surface area contributed by atoms with Crippen LogP contribution in [0, 0.1) is 0 Å². The van der Waals surface area contributed by atoms with Gasteiger partial charge in [-0.15, -0.1) is 0 Å². The van der Waals surface area contributed by atoms with Gasteiger partial charge in [-0.25, -0.2) is 9.48 Å². The maximum Gasteiger partial charge on any atom is 0.346 e. The molecule has 2 aromatic rings. The Kier molecular flexibility index (Phi) is 7.56. The fourth-order valence-corrected chi connectivity index (χ4v) is 3.11. The monoisotopic (exact) mass is 405 g/mol. The molecule has 1 heterocycles. The van der Waals surface area contributed by atoms with Gasteiger partial charge in [-0.1, -0.05) is 37.2 Å². The highest BCUT2D eigenvalue weighted by molar-refractivity contribution is 7.99. The van der Waals surface area contributed by atoms with E-state index in [0.717, 1.165) is 45.8 Å². The van der Waals surface area contributed by atoms with Crippen molar-refractivity contribution in [3.63, 3.8) is 0 Å². The number of nitrogens with one attached hydrogen (secondary N) is 2. The lowest BCUT2D eigenvalue weighted by molar-refractivity contribution is -0.119. The van der Waals surface area contributed by atoms with E-state index in [-0.39, 0.29) is 10.8 Å². The van der Waals surface area contributed by atoms with Crippen LogP contribution in [0.25, 0.3) is 0 Å². The third kappa shape index (κ3) is 5.56. The number of unbranched alkanes of at least 4 members (excludes halogenated alkanes) is 1. The molecular formula is C18H23N5O4S. The minimum absolute atomic E-state index is 0.0220. The van der Waals surface area contributed by atoms with E-state index in [1.807, 2.05) is 12.1 Å². The van der Waals surface area contributed by atoms with Gasteiger partial charge < -0.3 is 0 Å². The maximum absolute atomic E-state index is 12.1. The number of rotatable bonds is 7. The molecule has 0 aliphatic rings. The second kappa shape index (κ2) is 9.88. The van der Waals surface area contributed by atoms with Crippen molar-refractivity contribution in [3.05, 3.63) is 56.2 Å². The van der Waals surface area contributed by atoms with Gasteiger partial charge in [0.05, 0.1) is 5.75 Å². The predicted octanol–water partition coefficient (Wildman–Crippen LogP) is 0.375. The van der Waals surface area contributed by atoms with Crippen molar-refractivity contribution in [1.82, 2.24) is 25.2 Å². The average Bonchev–Trinajstić information content (AvgIpc) is 2.70. The number of aromatic nitrogens is 3. The molecule has 0 saturated carbocycles. The minimum atomic E-state index is -0.576. The number of hydrazine groups is 1. The first kappa shape index (κ1) is 21.4. The summed E-state index contributed by atoms with van der Waals surface area (Å²) in [6.45, 7) is 2.12. The van der Waals surface area contributed by atoms with Gasteiger partial charge in [0.25, 0.3) is 11.5 Å². The normalized spacial score (nSPS) is 10.5. The number of thioether (sulfide) groups is 1. The van der Waals surface area contributed by atoms with Crippen LogP contribution in [0.5, 0.6) is 0 Å². The zero-order valence-electron chi connectivity index (χ0n) is 16.0. The molecule has 2 rings (SSSR count). The summed E-state index contributed by atoms with van der Waals surface area (Å²) in [6, 6.07) is 7.20. The molecule has 150 valence electrons. The SMILES string of the molecule is CCCCc1ccc(C(=O)NNC(=O)CSc2nn(C)c(=O)n(C)c2=O)cc1. The van der Waals surface area contributed by atoms with Gasteiger partial charge in [-0.3, -0.25) is 29.8 Å². The molecule has 0 radical (unpaired) electrons. The quantitative estimate of drug-likeness (QED) is 0.508. The van der Waals surface area contributed by atoms with E-state index in [9.17, 15) is 19.2 Å². The van der Waals surface area contributed by atoms with Gasteiger partial charge in [-0.2, -0.15) is 5.10 Å². The topological polar surface area (TPSA) is 115 Å². The first-order valence-corrected chi connectivity index (χ1v) is 9.77. The Bertz CT molecular complexity index is 965. The Balaban J connectivity index is 1.86. The molecule has 0 atom stereocenters. The molecule has 2 amide bonds. The Morgan fingerprint density at radius 1 is 1.11 bits per heavy atom. The smallest absolute Gasteiger partial charge is 0.272 e. The van der Waals surface area contributed by atoms with Crippen molar-refractivity contribution in [1.29, 1.82) is 0 Å². The van der Waals surface area contributed by atoms with Crippen LogP contribution < -0.4 is 22.1 Å². The van der Waals surface area contributed by atoms with Crippen molar-refractivity contribution in [3.8, 4) is 0 Å². The van der Waals surface area contributed by atoms with Crippen LogP contribution >= 0.6 is 11.8 Å². The summed E-state index contributed by atoms with van der Waals surface area (Å²) in [4.78, 5) is 47.6. The molecule has 0 bridgehead atoms. The summed E-state index contributed by atoms with van der Waals surface area (Å²) >= 11 is 0.882. The number of aryl methyl sites for hydroxylation is 2. The van der Waals surface area contributed by atoms with Gasteiger partial charge in [0, 0.05) is 19.7 Å². The van der Waals surface area contributed by atoms with Crippen LogP contribution in [-0.4, -0.2) is 31.9 Å². The van der Waals surface area contributed by atoms with E-state index in [1.165, 1.54) is 14.1 Å². The molecule has 10 heteroatoms. The molecule has 0 aliphatic heterocycles. The summed E-state index contributed by atoms with van der Waals surface area (Å²) in [5.74, 6) is -1.08. The highest BCUT2D eigenvalue weighted by Gasteiger charge is 2.12. The maximum atomic E-state index is 12.1. The van der Waals surface area contributed by atoms with E-state index < -0.39 is 23.1 Å². The van der Waals surface area contributed by atoms with Gasteiger partial charge in [0.2, 0.25) is 5.91 Å². The molecule has 1 aromatic heterocycles. The van der Waals surface area contributed by atoms with Crippen molar-refractivity contribution in [2.45, 2.75) is 31.2 Å². The van der Waals surface area contributed by atoms with Crippen molar-refractivity contribution in [2.24, 2.45) is 14.1 Å². The molecule has 1 aromatic carbocycles. The summed E-state index contributed by atoms with van der Waals surface area (Å²) in [7, 11) is 2.75. The summed E-state index contributed by atoms with van der Waals surface area (Å²) < 4.78 is 1.94. The van der Waals surface area contributed by atoms with Gasteiger partial charge in [0.1, 0.15) is 0 Å². The van der Waals surface area contributed by atoms with Crippen molar-refractivity contribution in [2.75, 3.05) is 5.75 Å². The van der Waals surface area contributed by atoms with Crippen LogP contribution in [0.2, 0.25) is 0 Å². The molecule has 0 saturated heterocycles. The lowest BCUT2D eigenvalue weighted by atomic mass is 10.1. The van der Waals surface area contributed by atoms with Crippen LogP contribution in [0.4, 0.5) is 0 Å². The van der Waals surface area contributed by atoms with Gasteiger partial charge in [-0.05, 0) is 30.5 Å². The van der Waals surface area contributed by atoms with Gasteiger partial charge >= 0.3 is 5.69 Å². The lowest BCUT2D eigenvalue weighted by Crippen LogP contribution is -2.43. The highest BCUT2D eigenvalue weighted by Crippen LogP contribution is 2.09. The average molecular weight is 405 g/mol. The zero-order chi connectivity index (χ0) is 20.7. The molecule has 0 spiro atoms. The third-order valence-corrected chi connectivity index (χ3v) is 4.92. The van der Waals surface area contributed by atoms with Crippen molar-refractivity contribution < 1.29 is 9.59 Å². The Labute approximate surface area is 166 Å². The number of amides is 2. The van der Waals surface area contributed by atoms with Crippen LogP contribution in [0.1, 0.15) is 35.7 Å². The van der Waals surface area contributed by atoms with Crippen LogP contribution in [0.3, 0.4) is 0 Å². The first-order chi connectivity index (χ1) is 13.3. The largest absolute Gasteiger partial charge is 0.346 e. The number of hydrogen-bond donors (Lipinski definition) is 2. The summed E-state index contributed by atoms with van der Waals surface area (Å²) in [5, 5.41) is 3.87. The fraction of sp³-hybridized carbons (Fsp3) is 0.389. The Morgan fingerprint density at radius 2 is 1.79 bits per heavy atom. The highest BCUT2D eigenvalue weighted by atomic mass is 32.2. The van der Waals surface area contributed by atoms with E-state index in [4.69, 9.17) is 0 Å². The predicted molar refractivity (Wildman–Crippen MR) is 106 cm³/mol. The molecule has 0 aliphatic carbocycles. The molecule has 9 nitrogen and oxygen atoms in total. The van der Waals surface area contributed by atoms with E-state index in [0.29, 0.717) is 5.56 Å². The first-order valence-electron chi connectivity index (χ1n) is 8.78. The zero-order valence-corrected chi connectivity index (χ0v) is 16.8. The second-order valence-corrected chi connectivity index (χ2v) is 7.13.